The zero-order valence-corrected chi connectivity index (χ0v) is 14.1. The van der Waals surface area contributed by atoms with Crippen LogP contribution in [0.1, 0.15) is 30.6 Å². The van der Waals surface area contributed by atoms with Crippen LogP contribution in [-0.2, 0) is 4.79 Å². The summed E-state index contributed by atoms with van der Waals surface area (Å²) in [5.74, 6) is 0.692. The van der Waals surface area contributed by atoms with E-state index in [0.29, 0.717) is 25.1 Å². The van der Waals surface area contributed by atoms with E-state index in [4.69, 9.17) is 5.73 Å². The monoisotopic (exact) mass is 321 g/mol. The summed E-state index contributed by atoms with van der Waals surface area (Å²) in [4.78, 5) is 26.9. The average molecular weight is 321 g/mol. The lowest BCUT2D eigenvalue weighted by Gasteiger charge is -2.29. The Morgan fingerprint density at radius 2 is 2.18 bits per heavy atom. The zero-order chi connectivity index (χ0) is 16.3. The van der Waals surface area contributed by atoms with E-state index in [2.05, 4.69) is 5.32 Å². The second kappa shape index (κ2) is 6.71. The fourth-order valence-corrected chi connectivity index (χ4v) is 3.29. The Kier molecular flexibility index (Phi) is 5.13. The van der Waals surface area contributed by atoms with Gasteiger partial charge >= 0.3 is 0 Å². The van der Waals surface area contributed by atoms with Gasteiger partial charge in [-0.05, 0) is 30.2 Å². The summed E-state index contributed by atoms with van der Waals surface area (Å²) in [5.41, 5.74) is 6.91. The lowest BCUT2D eigenvalue weighted by molar-refractivity contribution is -0.115. The predicted molar refractivity (Wildman–Crippen MR) is 90.2 cm³/mol. The molecule has 1 aliphatic rings. The molecule has 0 atom stereocenters. The molecule has 0 spiro atoms. The van der Waals surface area contributed by atoms with Crippen molar-refractivity contribution in [2.75, 3.05) is 31.2 Å². The molecule has 0 aliphatic carbocycles. The number of carbonyl (C=O) groups is 2. The van der Waals surface area contributed by atoms with E-state index in [1.165, 1.54) is 0 Å². The third kappa shape index (κ3) is 4.01. The van der Waals surface area contributed by atoms with Gasteiger partial charge in [0.2, 0.25) is 5.91 Å². The van der Waals surface area contributed by atoms with Crippen molar-refractivity contribution in [3.8, 4) is 0 Å². The van der Waals surface area contributed by atoms with Crippen LogP contribution in [0.5, 0.6) is 0 Å². The first-order valence-corrected chi connectivity index (χ1v) is 8.33. The molecule has 2 rings (SSSR count). The summed E-state index contributed by atoms with van der Waals surface area (Å²) in [6, 6.07) is 5.48. The number of hydrogen-bond donors (Lipinski definition) is 2. The van der Waals surface area contributed by atoms with Crippen molar-refractivity contribution < 1.29 is 9.59 Å². The smallest absolute Gasteiger partial charge is 0.253 e. The molecule has 120 valence electrons. The van der Waals surface area contributed by atoms with Crippen LogP contribution < -0.4 is 11.1 Å². The standard InChI is InChI=1S/C16H23N3O2S/c1-16(2,9-17)10-19(3)15(21)11-4-5-13-12(8-11)18-14(20)6-7-22-13/h4-5,8H,6-7,9-10,17H2,1-3H3,(H,18,20). The van der Waals surface area contributed by atoms with Crippen molar-refractivity contribution in [1.82, 2.24) is 4.90 Å². The molecule has 1 aliphatic heterocycles. The molecule has 6 heteroatoms. The van der Waals surface area contributed by atoms with Gasteiger partial charge in [0.15, 0.2) is 0 Å². The molecule has 0 aromatic heterocycles. The largest absolute Gasteiger partial charge is 0.341 e. The zero-order valence-electron chi connectivity index (χ0n) is 13.3. The Morgan fingerprint density at radius 3 is 2.86 bits per heavy atom. The number of hydrogen-bond acceptors (Lipinski definition) is 4. The molecule has 22 heavy (non-hydrogen) atoms. The molecule has 0 saturated carbocycles. The first-order valence-electron chi connectivity index (χ1n) is 7.35. The molecule has 0 unspecified atom stereocenters. The van der Waals surface area contributed by atoms with E-state index in [-0.39, 0.29) is 17.2 Å². The maximum absolute atomic E-state index is 12.6. The molecule has 0 saturated heterocycles. The number of nitrogens with two attached hydrogens (primary N) is 1. The van der Waals surface area contributed by atoms with Crippen LogP contribution in [-0.4, -0.2) is 42.6 Å². The number of thioether (sulfide) groups is 1. The minimum absolute atomic E-state index is 0.00605. The summed E-state index contributed by atoms with van der Waals surface area (Å²) >= 11 is 1.63. The predicted octanol–water partition coefficient (Wildman–Crippen LogP) is 2.18. The molecule has 1 heterocycles. The van der Waals surface area contributed by atoms with Gasteiger partial charge in [-0.2, -0.15) is 0 Å². The molecular formula is C16H23N3O2S. The number of fused-ring (bicyclic) bond motifs is 1. The Morgan fingerprint density at radius 1 is 1.45 bits per heavy atom. The van der Waals surface area contributed by atoms with Crippen molar-refractivity contribution in [3.63, 3.8) is 0 Å². The first kappa shape index (κ1) is 16.8. The molecule has 1 aromatic rings. The van der Waals surface area contributed by atoms with E-state index in [9.17, 15) is 9.59 Å². The second-order valence-corrected chi connectivity index (χ2v) is 7.52. The van der Waals surface area contributed by atoms with Crippen LogP contribution in [0.15, 0.2) is 23.1 Å². The molecule has 2 amide bonds. The van der Waals surface area contributed by atoms with Crippen LogP contribution >= 0.6 is 11.8 Å². The number of anilines is 1. The Bertz CT molecular complexity index is 587. The van der Waals surface area contributed by atoms with E-state index in [1.54, 1.807) is 29.8 Å². The van der Waals surface area contributed by atoms with Crippen LogP contribution in [0.25, 0.3) is 0 Å². The van der Waals surface area contributed by atoms with Gasteiger partial charge in [-0.1, -0.05) is 13.8 Å². The third-order valence-electron chi connectivity index (χ3n) is 3.65. The van der Waals surface area contributed by atoms with Gasteiger partial charge in [0.25, 0.3) is 5.91 Å². The molecule has 3 N–H and O–H groups in total. The molecule has 5 nitrogen and oxygen atoms in total. The van der Waals surface area contributed by atoms with Gasteiger partial charge in [-0.15, -0.1) is 11.8 Å². The summed E-state index contributed by atoms with van der Waals surface area (Å²) in [5, 5.41) is 2.87. The maximum atomic E-state index is 12.6. The van der Waals surface area contributed by atoms with Gasteiger partial charge in [0.05, 0.1) is 5.69 Å². The minimum atomic E-state index is -0.125. The molecular weight excluding hydrogens is 298 g/mol. The van der Waals surface area contributed by atoms with Crippen molar-refractivity contribution in [2.45, 2.75) is 25.2 Å². The summed E-state index contributed by atoms with van der Waals surface area (Å²) in [6.07, 6.45) is 0.493. The summed E-state index contributed by atoms with van der Waals surface area (Å²) in [7, 11) is 1.78. The lowest BCUT2D eigenvalue weighted by atomic mass is 9.93. The highest BCUT2D eigenvalue weighted by atomic mass is 32.2. The SMILES string of the molecule is CN(CC(C)(C)CN)C(=O)c1ccc2c(c1)NC(=O)CCS2. The van der Waals surface area contributed by atoms with Crippen molar-refractivity contribution in [3.05, 3.63) is 23.8 Å². The molecule has 0 fully saturated rings. The van der Waals surface area contributed by atoms with Crippen molar-refractivity contribution in [1.29, 1.82) is 0 Å². The van der Waals surface area contributed by atoms with E-state index < -0.39 is 0 Å². The summed E-state index contributed by atoms with van der Waals surface area (Å²) < 4.78 is 0. The number of nitrogens with one attached hydrogen (secondary N) is 1. The normalized spacial score (nSPS) is 14.8. The van der Waals surface area contributed by atoms with E-state index in [0.717, 1.165) is 16.3 Å². The highest BCUT2D eigenvalue weighted by Crippen LogP contribution is 2.31. The Balaban J connectivity index is 2.19. The van der Waals surface area contributed by atoms with Crippen LogP contribution in [0.4, 0.5) is 5.69 Å². The highest BCUT2D eigenvalue weighted by Gasteiger charge is 2.23. The molecule has 0 radical (unpaired) electrons. The molecule has 0 bridgehead atoms. The number of rotatable bonds is 4. The number of amides is 2. The van der Waals surface area contributed by atoms with Crippen molar-refractivity contribution in [2.24, 2.45) is 11.1 Å². The number of nitrogens with zero attached hydrogens (tertiary/aromatic N) is 1. The van der Waals surface area contributed by atoms with E-state index >= 15 is 0 Å². The highest BCUT2D eigenvalue weighted by molar-refractivity contribution is 7.99. The average Bonchev–Trinajstić information content (AvgIpc) is 2.65. The van der Waals surface area contributed by atoms with Gasteiger partial charge in [-0.3, -0.25) is 9.59 Å². The van der Waals surface area contributed by atoms with Gasteiger partial charge in [0.1, 0.15) is 0 Å². The first-order chi connectivity index (χ1) is 10.3. The van der Waals surface area contributed by atoms with E-state index in [1.807, 2.05) is 26.0 Å². The second-order valence-electron chi connectivity index (χ2n) is 6.39. The Labute approximate surface area is 135 Å². The van der Waals surface area contributed by atoms with Crippen LogP contribution in [0.2, 0.25) is 0 Å². The topological polar surface area (TPSA) is 75.4 Å². The maximum Gasteiger partial charge on any atom is 0.253 e. The third-order valence-corrected chi connectivity index (χ3v) is 4.73. The van der Waals surface area contributed by atoms with Crippen molar-refractivity contribution >= 4 is 29.3 Å². The lowest BCUT2D eigenvalue weighted by Crippen LogP contribution is -2.39. The fourth-order valence-electron chi connectivity index (χ4n) is 2.35. The summed E-state index contributed by atoms with van der Waals surface area (Å²) in [6.45, 7) is 5.16. The van der Waals surface area contributed by atoms with Gasteiger partial charge in [0, 0.05) is 36.2 Å². The van der Waals surface area contributed by atoms with Gasteiger partial charge < -0.3 is 16.0 Å². The van der Waals surface area contributed by atoms with Gasteiger partial charge in [-0.25, -0.2) is 0 Å². The number of benzene rings is 1. The fraction of sp³-hybridized carbons (Fsp3) is 0.500. The minimum Gasteiger partial charge on any atom is -0.341 e. The molecule has 1 aromatic carbocycles. The van der Waals surface area contributed by atoms with Crippen LogP contribution in [0, 0.1) is 5.41 Å². The Hall–Kier alpha value is -1.53. The quantitative estimate of drug-likeness (QED) is 0.891. The van der Waals surface area contributed by atoms with Crippen LogP contribution in [0.3, 0.4) is 0 Å². The number of carbonyl (C=O) groups excluding carboxylic acids is 2.